The Morgan fingerprint density at radius 3 is 2.41 bits per heavy atom. The molecular weight excluding hydrogens is 473 g/mol. The highest BCUT2D eigenvalue weighted by molar-refractivity contribution is 6.02. The Hall–Kier alpha value is -3.29. The Bertz CT molecular complexity index is 1100. The van der Waals surface area contributed by atoms with Gasteiger partial charge in [-0.3, -0.25) is 4.79 Å². The molecule has 0 saturated heterocycles. The minimum atomic E-state index is -0.917. The molecule has 0 radical (unpaired) electrons. The van der Waals surface area contributed by atoms with E-state index in [-0.39, 0.29) is 12.0 Å². The van der Waals surface area contributed by atoms with Crippen LogP contribution in [0.1, 0.15) is 70.8 Å². The average molecular weight is 512 g/mol. The standard InChI is InChI=1S/C29H38FN3O4/c1-4-37-21-12-10-19(11-13-21)31-29(36)32-26-15-23(22-14-24(22)28(34)35)25(30)16-27(26)33(17-18(2)3)20-8-6-5-7-9-20/h10-13,15-16,18,20,22,24H,4-9,14,17H2,1-3H3,(H,34,35)(H2,31,32,36)/t22-,24-/m1/s1. The van der Waals surface area contributed by atoms with Gasteiger partial charge < -0.3 is 25.4 Å². The highest BCUT2D eigenvalue weighted by atomic mass is 19.1. The van der Waals surface area contributed by atoms with Crippen LogP contribution < -0.4 is 20.3 Å². The van der Waals surface area contributed by atoms with Gasteiger partial charge in [0.25, 0.3) is 0 Å². The lowest BCUT2D eigenvalue weighted by molar-refractivity contribution is -0.138. The number of hydrogen-bond acceptors (Lipinski definition) is 4. The van der Waals surface area contributed by atoms with Gasteiger partial charge in [0.05, 0.1) is 23.9 Å². The molecule has 200 valence electrons. The summed E-state index contributed by atoms with van der Waals surface area (Å²) in [7, 11) is 0. The second-order valence-electron chi connectivity index (χ2n) is 10.6. The number of rotatable bonds is 10. The number of carboxylic acid groups (broad SMARTS) is 1. The van der Waals surface area contributed by atoms with Crippen molar-refractivity contribution in [2.24, 2.45) is 11.8 Å². The molecule has 2 saturated carbocycles. The van der Waals surface area contributed by atoms with E-state index < -0.39 is 23.7 Å². The fourth-order valence-corrected chi connectivity index (χ4v) is 5.33. The maximum absolute atomic E-state index is 15.4. The number of ether oxygens (including phenoxy) is 1. The molecule has 0 bridgehead atoms. The van der Waals surface area contributed by atoms with Crippen molar-refractivity contribution in [2.75, 3.05) is 28.7 Å². The van der Waals surface area contributed by atoms with Gasteiger partial charge in [-0.25, -0.2) is 9.18 Å². The minimum absolute atomic E-state index is 0.267. The fourth-order valence-electron chi connectivity index (χ4n) is 5.33. The fraction of sp³-hybridized carbons (Fsp3) is 0.517. The summed E-state index contributed by atoms with van der Waals surface area (Å²) in [6.07, 6.45) is 5.91. The zero-order valence-electron chi connectivity index (χ0n) is 21.9. The summed E-state index contributed by atoms with van der Waals surface area (Å²) in [6.45, 7) is 7.46. The summed E-state index contributed by atoms with van der Waals surface area (Å²) in [6, 6.07) is 10.1. The summed E-state index contributed by atoms with van der Waals surface area (Å²) < 4.78 is 20.9. The predicted octanol–water partition coefficient (Wildman–Crippen LogP) is 6.85. The van der Waals surface area contributed by atoms with E-state index in [0.717, 1.165) is 32.2 Å². The zero-order valence-corrected chi connectivity index (χ0v) is 21.9. The molecule has 0 heterocycles. The number of nitrogens with zero attached hydrogens (tertiary/aromatic N) is 1. The van der Waals surface area contributed by atoms with Crippen molar-refractivity contribution < 1.29 is 23.8 Å². The molecule has 0 aromatic heterocycles. The maximum atomic E-state index is 15.4. The summed E-state index contributed by atoms with van der Waals surface area (Å²) in [4.78, 5) is 26.8. The molecule has 2 fully saturated rings. The topological polar surface area (TPSA) is 90.9 Å². The Kier molecular flexibility index (Phi) is 8.56. The number of urea groups is 1. The minimum Gasteiger partial charge on any atom is -0.494 e. The molecule has 2 aromatic rings. The Labute approximate surface area is 218 Å². The molecule has 2 amide bonds. The van der Waals surface area contributed by atoms with Crippen LogP contribution in [-0.2, 0) is 4.79 Å². The summed E-state index contributed by atoms with van der Waals surface area (Å²) in [5.41, 5.74) is 2.10. The average Bonchev–Trinajstić information content (AvgIpc) is 3.66. The van der Waals surface area contributed by atoms with Crippen molar-refractivity contribution in [3.8, 4) is 5.75 Å². The van der Waals surface area contributed by atoms with Gasteiger partial charge in [-0.1, -0.05) is 33.1 Å². The normalized spacial score (nSPS) is 19.4. The maximum Gasteiger partial charge on any atom is 0.323 e. The number of carbonyl (C=O) groups is 2. The smallest absolute Gasteiger partial charge is 0.323 e. The third-order valence-corrected chi connectivity index (χ3v) is 7.18. The Balaban J connectivity index is 1.64. The van der Waals surface area contributed by atoms with E-state index in [0.29, 0.717) is 47.3 Å². The van der Waals surface area contributed by atoms with Gasteiger partial charge in [-0.15, -0.1) is 0 Å². The van der Waals surface area contributed by atoms with Crippen molar-refractivity contribution in [3.63, 3.8) is 0 Å². The lowest BCUT2D eigenvalue weighted by Crippen LogP contribution is -2.40. The van der Waals surface area contributed by atoms with Gasteiger partial charge >= 0.3 is 12.0 Å². The number of nitrogens with one attached hydrogen (secondary N) is 2. The molecule has 8 heteroatoms. The first-order chi connectivity index (χ1) is 17.8. The van der Waals surface area contributed by atoms with Crippen LogP contribution in [0.4, 0.5) is 26.2 Å². The van der Waals surface area contributed by atoms with Crippen LogP contribution in [-0.4, -0.2) is 36.3 Å². The third kappa shape index (κ3) is 6.73. The van der Waals surface area contributed by atoms with Crippen LogP contribution in [0.3, 0.4) is 0 Å². The van der Waals surface area contributed by atoms with E-state index in [9.17, 15) is 14.7 Å². The number of carboxylic acids is 1. The summed E-state index contributed by atoms with van der Waals surface area (Å²) in [5.74, 6) is -1.24. The molecule has 0 unspecified atom stereocenters. The van der Waals surface area contributed by atoms with E-state index in [1.165, 1.54) is 12.5 Å². The van der Waals surface area contributed by atoms with Gasteiger partial charge in [0.1, 0.15) is 11.6 Å². The van der Waals surface area contributed by atoms with Crippen molar-refractivity contribution in [1.29, 1.82) is 0 Å². The Morgan fingerprint density at radius 2 is 1.81 bits per heavy atom. The lowest BCUT2D eigenvalue weighted by Gasteiger charge is -2.38. The largest absolute Gasteiger partial charge is 0.494 e. The van der Waals surface area contributed by atoms with Gasteiger partial charge in [-0.05, 0) is 74.1 Å². The second kappa shape index (κ2) is 11.8. The number of anilines is 3. The van der Waals surface area contributed by atoms with E-state index in [4.69, 9.17) is 4.74 Å². The van der Waals surface area contributed by atoms with E-state index >= 15 is 4.39 Å². The van der Waals surface area contributed by atoms with Crippen LogP contribution in [0.2, 0.25) is 0 Å². The van der Waals surface area contributed by atoms with Gasteiger partial charge in [-0.2, -0.15) is 0 Å². The third-order valence-electron chi connectivity index (χ3n) is 7.18. The second-order valence-corrected chi connectivity index (χ2v) is 10.6. The summed E-state index contributed by atoms with van der Waals surface area (Å²) >= 11 is 0. The molecular formula is C29H38FN3O4. The highest BCUT2D eigenvalue weighted by Crippen LogP contribution is 2.50. The quantitative estimate of drug-likeness (QED) is 0.324. The number of amides is 2. The number of hydrogen-bond donors (Lipinski definition) is 3. The van der Waals surface area contributed by atoms with E-state index in [1.807, 2.05) is 6.92 Å². The SMILES string of the molecule is CCOc1ccc(NC(=O)Nc2cc([C@H]3C[C@H]3C(=O)O)c(F)cc2N(CC(C)C)C2CCCCC2)cc1. The molecule has 7 nitrogen and oxygen atoms in total. The first kappa shape index (κ1) is 26.8. The molecule has 0 spiro atoms. The van der Waals surface area contributed by atoms with Crippen LogP contribution in [0.25, 0.3) is 0 Å². The lowest BCUT2D eigenvalue weighted by atomic mass is 9.92. The number of benzene rings is 2. The molecule has 0 aliphatic heterocycles. The van der Waals surface area contributed by atoms with Gasteiger partial charge in [0, 0.05) is 24.2 Å². The molecule has 2 aromatic carbocycles. The number of carbonyl (C=O) groups excluding carboxylic acids is 1. The van der Waals surface area contributed by atoms with Gasteiger partial charge in [0.15, 0.2) is 0 Å². The van der Waals surface area contributed by atoms with Crippen LogP contribution in [0, 0.1) is 17.7 Å². The van der Waals surface area contributed by atoms with Crippen LogP contribution in [0.5, 0.6) is 5.75 Å². The van der Waals surface area contributed by atoms with Crippen molar-refractivity contribution >= 4 is 29.1 Å². The van der Waals surface area contributed by atoms with E-state index in [2.05, 4.69) is 29.4 Å². The zero-order chi connectivity index (χ0) is 26.5. The predicted molar refractivity (Wildman–Crippen MR) is 144 cm³/mol. The number of halogens is 1. The van der Waals surface area contributed by atoms with Crippen LogP contribution in [0.15, 0.2) is 36.4 Å². The molecule has 37 heavy (non-hydrogen) atoms. The first-order valence-corrected chi connectivity index (χ1v) is 13.4. The number of aliphatic carboxylic acids is 1. The monoisotopic (exact) mass is 511 g/mol. The molecule has 2 aliphatic carbocycles. The summed E-state index contributed by atoms with van der Waals surface area (Å²) in [5, 5.41) is 15.2. The first-order valence-electron chi connectivity index (χ1n) is 13.4. The molecule has 4 rings (SSSR count). The van der Waals surface area contributed by atoms with Crippen molar-refractivity contribution in [3.05, 3.63) is 47.8 Å². The Morgan fingerprint density at radius 1 is 1.11 bits per heavy atom. The van der Waals surface area contributed by atoms with Crippen molar-refractivity contribution in [2.45, 2.75) is 71.3 Å². The van der Waals surface area contributed by atoms with E-state index in [1.54, 1.807) is 30.3 Å². The van der Waals surface area contributed by atoms with Crippen LogP contribution >= 0.6 is 0 Å². The molecule has 3 N–H and O–H groups in total. The molecule has 2 aliphatic rings. The van der Waals surface area contributed by atoms with Gasteiger partial charge in [0.2, 0.25) is 0 Å². The van der Waals surface area contributed by atoms with Crippen molar-refractivity contribution in [1.82, 2.24) is 0 Å². The molecule has 2 atom stereocenters. The highest BCUT2D eigenvalue weighted by Gasteiger charge is 2.46.